The highest BCUT2D eigenvalue weighted by Gasteiger charge is 2.21. The normalized spacial score (nSPS) is 10.9. The average Bonchev–Trinajstić information content (AvgIpc) is 2.41. The van der Waals surface area contributed by atoms with Crippen molar-refractivity contribution in [3.63, 3.8) is 0 Å². The molecule has 0 bridgehead atoms. The maximum Gasteiger partial charge on any atom is 0.230 e. The molecule has 0 aliphatic heterocycles. The van der Waals surface area contributed by atoms with Crippen LogP contribution in [0.25, 0.3) is 0 Å². The van der Waals surface area contributed by atoms with Crippen LogP contribution in [0.2, 0.25) is 0 Å². The molecule has 2 N–H and O–H groups in total. The molecular formula is C16H19N3O. The van der Waals surface area contributed by atoms with Crippen molar-refractivity contribution in [3.05, 3.63) is 48.7 Å². The molecule has 0 radical (unpaired) electrons. The van der Waals surface area contributed by atoms with Gasteiger partial charge in [0.05, 0.1) is 11.9 Å². The SMILES string of the molecule is CC(C)(C)C(=O)Nc1ccc(Nc2ccccc2)cn1. The van der Waals surface area contributed by atoms with E-state index in [0.29, 0.717) is 5.82 Å². The van der Waals surface area contributed by atoms with Crippen molar-refractivity contribution in [1.29, 1.82) is 0 Å². The Hall–Kier alpha value is -2.36. The van der Waals surface area contributed by atoms with Crippen LogP contribution in [-0.2, 0) is 4.79 Å². The summed E-state index contributed by atoms with van der Waals surface area (Å²) in [5, 5.41) is 6.03. The number of nitrogens with zero attached hydrogens (tertiary/aromatic N) is 1. The molecule has 0 unspecified atom stereocenters. The molecule has 0 fully saturated rings. The highest BCUT2D eigenvalue weighted by molar-refractivity contribution is 5.93. The van der Waals surface area contributed by atoms with Gasteiger partial charge >= 0.3 is 0 Å². The molecule has 2 rings (SSSR count). The number of benzene rings is 1. The fourth-order valence-corrected chi connectivity index (χ4v) is 1.53. The zero-order valence-corrected chi connectivity index (χ0v) is 12.0. The van der Waals surface area contributed by atoms with E-state index in [1.165, 1.54) is 0 Å². The Bertz CT molecular complexity index is 571. The largest absolute Gasteiger partial charge is 0.354 e. The van der Waals surface area contributed by atoms with Gasteiger partial charge in [0.2, 0.25) is 5.91 Å². The Morgan fingerprint density at radius 3 is 2.25 bits per heavy atom. The fraction of sp³-hybridized carbons (Fsp3) is 0.250. The highest BCUT2D eigenvalue weighted by atomic mass is 16.2. The molecule has 0 aliphatic carbocycles. The molecule has 1 aromatic carbocycles. The summed E-state index contributed by atoms with van der Waals surface area (Å²) in [5.41, 5.74) is 1.45. The zero-order valence-electron chi connectivity index (χ0n) is 12.0. The van der Waals surface area contributed by atoms with Crippen molar-refractivity contribution in [2.75, 3.05) is 10.6 Å². The average molecular weight is 269 g/mol. The fourth-order valence-electron chi connectivity index (χ4n) is 1.53. The van der Waals surface area contributed by atoms with Crippen LogP contribution < -0.4 is 10.6 Å². The summed E-state index contributed by atoms with van der Waals surface area (Å²) in [6, 6.07) is 13.5. The molecule has 104 valence electrons. The molecule has 0 saturated carbocycles. The summed E-state index contributed by atoms with van der Waals surface area (Å²) >= 11 is 0. The van der Waals surface area contributed by atoms with Gasteiger partial charge in [0.1, 0.15) is 5.82 Å². The van der Waals surface area contributed by atoms with E-state index in [4.69, 9.17) is 0 Å². The number of carbonyl (C=O) groups excluding carboxylic acids is 1. The molecule has 4 nitrogen and oxygen atoms in total. The van der Waals surface area contributed by atoms with Gasteiger partial charge in [-0.15, -0.1) is 0 Å². The molecule has 20 heavy (non-hydrogen) atoms. The Balaban J connectivity index is 2.02. The third-order valence-electron chi connectivity index (χ3n) is 2.75. The minimum absolute atomic E-state index is 0.0474. The first-order chi connectivity index (χ1) is 9.45. The lowest BCUT2D eigenvalue weighted by atomic mass is 9.96. The Morgan fingerprint density at radius 1 is 1.00 bits per heavy atom. The Morgan fingerprint density at radius 2 is 1.70 bits per heavy atom. The van der Waals surface area contributed by atoms with E-state index < -0.39 is 5.41 Å². The number of carbonyl (C=O) groups is 1. The molecule has 4 heteroatoms. The summed E-state index contributed by atoms with van der Waals surface area (Å²) in [7, 11) is 0. The van der Waals surface area contributed by atoms with Gasteiger partial charge in [0, 0.05) is 11.1 Å². The minimum Gasteiger partial charge on any atom is -0.354 e. The molecule has 2 aromatic rings. The van der Waals surface area contributed by atoms with Crippen LogP contribution in [0.3, 0.4) is 0 Å². The van der Waals surface area contributed by atoms with Gasteiger partial charge in [-0.05, 0) is 24.3 Å². The van der Waals surface area contributed by atoms with E-state index in [0.717, 1.165) is 11.4 Å². The van der Waals surface area contributed by atoms with Gasteiger partial charge in [0.15, 0.2) is 0 Å². The first-order valence-electron chi connectivity index (χ1n) is 6.55. The predicted octanol–water partition coefficient (Wildman–Crippen LogP) is 3.81. The number of rotatable bonds is 3. The Kier molecular flexibility index (Phi) is 4.03. The quantitative estimate of drug-likeness (QED) is 0.890. The van der Waals surface area contributed by atoms with Crippen LogP contribution in [-0.4, -0.2) is 10.9 Å². The van der Waals surface area contributed by atoms with Gasteiger partial charge < -0.3 is 10.6 Å². The monoisotopic (exact) mass is 269 g/mol. The summed E-state index contributed by atoms with van der Waals surface area (Å²) in [4.78, 5) is 16.1. The van der Waals surface area contributed by atoms with Crippen molar-refractivity contribution in [3.8, 4) is 0 Å². The van der Waals surface area contributed by atoms with Gasteiger partial charge in [-0.25, -0.2) is 4.98 Å². The number of aromatic nitrogens is 1. The van der Waals surface area contributed by atoms with E-state index >= 15 is 0 Å². The van der Waals surface area contributed by atoms with Crippen LogP contribution in [0.15, 0.2) is 48.7 Å². The number of pyridine rings is 1. The second kappa shape index (κ2) is 5.74. The van der Waals surface area contributed by atoms with Gasteiger partial charge in [0.25, 0.3) is 0 Å². The molecule has 1 aromatic heterocycles. The van der Waals surface area contributed by atoms with Crippen LogP contribution in [0, 0.1) is 5.41 Å². The second-order valence-electron chi connectivity index (χ2n) is 5.63. The highest BCUT2D eigenvalue weighted by Crippen LogP contribution is 2.19. The molecule has 0 spiro atoms. The zero-order chi connectivity index (χ0) is 14.6. The van der Waals surface area contributed by atoms with Crippen LogP contribution in [0.4, 0.5) is 17.2 Å². The van der Waals surface area contributed by atoms with Crippen LogP contribution in [0.1, 0.15) is 20.8 Å². The minimum atomic E-state index is -0.428. The van der Waals surface area contributed by atoms with Crippen molar-refractivity contribution < 1.29 is 4.79 Å². The molecule has 1 amide bonds. The van der Waals surface area contributed by atoms with E-state index in [1.807, 2.05) is 57.2 Å². The van der Waals surface area contributed by atoms with Crippen LogP contribution in [0.5, 0.6) is 0 Å². The predicted molar refractivity (Wildman–Crippen MR) is 82.0 cm³/mol. The van der Waals surface area contributed by atoms with E-state index in [2.05, 4.69) is 15.6 Å². The van der Waals surface area contributed by atoms with E-state index in [9.17, 15) is 4.79 Å². The lowest BCUT2D eigenvalue weighted by Gasteiger charge is -2.17. The maximum atomic E-state index is 11.8. The topological polar surface area (TPSA) is 54.0 Å². The van der Waals surface area contributed by atoms with Crippen molar-refractivity contribution in [1.82, 2.24) is 4.98 Å². The third-order valence-corrected chi connectivity index (χ3v) is 2.75. The number of amides is 1. The lowest BCUT2D eigenvalue weighted by molar-refractivity contribution is -0.123. The molecular weight excluding hydrogens is 250 g/mol. The lowest BCUT2D eigenvalue weighted by Crippen LogP contribution is -2.27. The molecule has 1 heterocycles. The van der Waals surface area contributed by atoms with Crippen LogP contribution >= 0.6 is 0 Å². The van der Waals surface area contributed by atoms with E-state index in [1.54, 1.807) is 12.3 Å². The Labute approximate surface area is 119 Å². The number of anilines is 3. The summed E-state index contributed by atoms with van der Waals surface area (Å²) in [6.45, 7) is 5.61. The van der Waals surface area contributed by atoms with Crippen molar-refractivity contribution >= 4 is 23.1 Å². The van der Waals surface area contributed by atoms with Gasteiger partial charge in [-0.3, -0.25) is 4.79 Å². The number of hydrogen-bond acceptors (Lipinski definition) is 3. The molecule has 0 aliphatic rings. The smallest absolute Gasteiger partial charge is 0.230 e. The van der Waals surface area contributed by atoms with Gasteiger partial charge in [-0.2, -0.15) is 0 Å². The second-order valence-corrected chi connectivity index (χ2v) is 5.63. The molecule has 0 saturated heterocycles. The first kappa shape index (κ1) is 14.1. The third kappa shape index (κ3) is 3.82. The maximum absolute atomic E-state index is 11.8. The number of nitrogens with one attached hydrogen (secondary N) is 2. The first-order valence-corrected chi connectivity index (χ1v) is 6.55. The standard InChI is InChI=1S/C16H19N3O/c1-16(2,3)15(20)19-14-10-9-13(11-17-14)18-12-7-5-4-6-8-12/h4-11,18H,1-3H3,(H,17,19,20). The summed E-state index contributed by atoms with van der Waals surface area (Å²) < 4.78 is 0. The summed E-state index contributed by atoms with van der Waals surface area (Å²) in [5.74, 6) is 0.511. The van der Waals surface area contributed by atoms with E-state index in [-0.39, 0.29) is 5.91 Å². The summed E-state index contributed by atoms with van der Waals surface area (Å²) in [6.07, 6.45) is 1.70. The van der Waals surface area contributed by atoms with Gasteiger partial charge in [-0.1, -0.05) is 39.0 Å². The number of hydrogen-bond donors (Lipinski definition) is 2. The number of para-hydroxylation sites is 1. The van der Waals surface area contributed by atoms with Crippen molar-refractivity contribution in [2.45, 2.75) is 20.8 Å². The van der Waals surface area contributed by atoms with Crippen molar-refractivity contribution in [2.24, 2.45) is 5.41 Å². The molecule has 0 atom stereocenters.